The van der Waals surface area contributed by atoms with Gasteiger partial charge in [0.15, 0.2) is 0 Å². The highest BCUT2D eigenvalue weighted by Crippen LogP contribution is 2.77. The van der Waals surface area contributed by atoms with Gasteiger partial charge in [0.05, 0.1) is 17.8 Å². The highest BCUT2D eigenvalue weighted by atomic mass is 16.6. The number of allylic oxidation sites excluding steroid dienone is 1. The van der Waals surface area contributed by atoms with Crippen molar-refractivity contribution in [3.63, 3.8) is 0 Å². The van der Waals surface area contributed by atoms with Crippen LogP contribution in [0.15, 0.2) is 48.6 Å². The molecule has 5 fully saturated rings. The number of aliphatic hydroxyl groups is 2. The zero-order valence-electron chi connectivity index (χ0n) is 25.7. The van der Waals surface area contributed by atoms with E-state index in [1.165, 1.54) is 30.5 Å². The van der Waals surface area contributed by atoms with Crippen molar-refractivity contribution in [3.8, 4) is 5.75 Å². The molecule has 5 aliphatic rings. The van der Waals surface area contributed by atoms with E-state index in [4.69, 9.17) is 4.74 Å². The van der Waals surface area contributed by atoms with Gasteiger partial charge in [-0.1, -0.05) is 46.4 Å². The van der Waals surface area contributed by atoms with Crippen LogP contribution in [-0.2, 0) is 4.74 Å². The van der Waals surface area contributed by atoms with Crippen LogP contribution in [-0.4, -0.2) is 39.6 Å². The number of esters is 1. The molecule has 0 bridgehead atoms. The van der Waals surface area contributed by atoms with Gasteiger partial charge < -0.3 is 20.1 Å². The molecule has 5 nitrogen and oxygen atoms in total. The summed E-state index contributed by atoms with van der Waals surface area (Å²) in [5, 5.41) is 33.0. The third-order valence-corrected chi connectivity index (χ3v) is 14.1. The Labute approximate surface area is 246 Å². The van der Waals surface area contributed by atoms with Crippen LogP contribution in [0.3, 0.4) is 0 Å². The lowest BCUT2D eigenvalue weighted by atomic mass is 9.32. The third kappa shape index (κ3) is 3.76. The van der Waals surface area contributed by atoms with Gasteiger partial charge in [0.25, 0.3) is 0 Å². The number of aromatic hydroxyl groups is 1. The quantitative estimate of drug-likeness (QED) is 0.271. The van der Waals surface area contributed by atoms with E-state index in [-0.39, 0.29) is 33.8 Å². The molecule has 0 aliphatic heterocycles. The summed E-state index contributed by atoms with van der Waals surface area (Å²) < 4.78 is 6.49. The maximum atomic E-state index is 13.7. The van der Waals surface area contributed by atoms with E-state index in [2.05, 4.69) is 47.8 Å². The first kappa shape index (κ1) is 29.0. The number of aliphatic hydroxyl groups excluding tert-OH is 2. The maximum Gasteiger partial charge on any atom is 0.338 e. The number of carbonyl (C=O) groups excluding carboxylic acids is 1. The molecule has 1 aromatic rings. The first-order valence-electron chi connectivity index (χ1n) is 15.9. The number of rotatable bonds is 3. The maximum absolute atomic E-state index is 13.7. The zero-order valence-corrected chi connectivity index (χ0v) is 25.7. The summed E-state index contributed by atoms with van der Waals surface area (Å²) in [4.78, 5) is 13.7. The van der Waals surface area contributed by atoms with Gasteiger partial charge in [-0.05, 0) is 128 Å². The molecule has 1 aromatic carbocycles. The number of fused-ring (bicyclic) bond motifs is 7. The zero-order chi connectivity index (χ0) is 29.7. The fourth-order valence-electron chi connectivity index (χ4n) is 12.0. The second-order valence-electron chi connectivity index (χ2n) is 15.5. The van der Waals surface area contributed by atoms with E-state index in [0.717, 1.165) is 32.1 Å². The second kappa shape index (κ2) is 9.44. The first-order chi connectivity index (χ1) is 19.2. The SMILES string of the molecule is C=C1C2[C@H](O)[C@H](OC(=O)c3ccc(O)cc3)[C@]3(C)[C@H](CCC4[C@@]5(C)CC[C@@H](C(=C)C)C5CC[C@]43C)[C@@]2(C)CC[C@@H]1O. The summed E-state index contributed by atoms with van der Waals surface area (Å²) in [5.41, 5.74) is 1.69. The molecule has 5 saturated carbocycles. The van der Waals surface area contributed by atoms with Crippen molar-refractivity contribution in [3.05, 3.63) is 54.1 Å². The van der Waals surface area contributed by atoms with Crippen molar-refractivity contribution in [1.29, 1.82) is 0 Å². The molecule has 41 heavy (non-hydrogen) atoms. The van der Waals surface area contributed by atoms with Crippen molar-refractivity contribution >= 4 is 5.97 Å². The Morgan fingerprint density at radius 1 is 0.902 bits per heavy atom. The summed E-state index contributed by atoms with van der Waals surface area (Å²) in [5.74, 6) is 1.13. The summed E-state index contributed by atoms with van der Waals surface area (Å²) in [6.07, 6.45) is 5.85. The fraction of sp³-hybridized carbons (Fsp3) is 0.694. The Morgan fingerprint density at radius 3 is 2.20 bits per heavy atom. The molecule has 0 amide bonds. The lowest BCUT2D eigenvalue weighted by molar-refractivity contribution is -0.291. The van der Waals surface area contributed by atoms with Gasteiger partial charge in [-0.3, -0.25) is 0 Å². The van der Waals surface area contributed by atoms with Crippen molar-refractivity contribution in [1.82, 2.24) is 0 Å². The van der Waals surface area contributed by atoms with Gasteiger partial charge in [0, 0.05) is 11.3 Å². The first-order valence-corrected chi connectivity index (χ1v) is 15.9. The normalized spacial score (nSPS) is 48.8. The second-order valence-corrected chi connectivity index (χ2v) is 15.5. The lowest BCUT2D eigenvalue weighted by Crippen LogP contribution is -2.73. The van der Waals surface area contributed by atoms with E-state index < -0.39 is 29.7 Å². The van der Waals surface area contributed by atoms with Crippen molar-refractivity contribution < 1.29 is 24.9 Å². The van der Waals surface area contributed by atoms with E-state index in [1.807, 2.05) is 0 Å². The van der Waals surface area contributed by atoms with Crippen LogP contribution in [0.1, 0.15) is 96.3 Å². The predicted molar refractivity (Wildman–Crippen MR) is 160 cm³/mol. The number of phenols is 1. The highest BCUT2D eigenvalue weighted by Gasteiger charge is 2.75. The Balaban J connectivity index is 1.47. The van der Waals surface area contributed by atoms with Gasteiger partial charge in [0.2, 0.25) is 0 Å². The van der Waals surface area contributed by atoms with Gasteiger partial charge in [0.1, 0.15) is 11.9 Å². The molecule has 224 valence electrons. The smallest absolute Gasteiger partial charge is 0.338 e. The molecule has 12 atom stereocenters. The average molecular weight is 563 g/mol. The molecule has 0 heterocycles. The Kier molecular flexibility index (Phi) is 6.68. The van der Waals surface area contributed by atoms with Gasteiger partial charge in [-0.2, -0.15) is 0 Å². The molecule has 0 saturated heterocycles. The number of ether oxygens (including phenoxy) is 1. The minimum absolute atomic E-state index is 0.0896. The number of carbonyl (C=O) groups is 1. The van der Waals surface area contributed by atoms with Crippen LogP contribution in [0.4, 0.5) is 0 Å². The van der Waals surface area contributed by atoms with Crippen molar-refractivity contribution in [2.75, 3.05) is 0 Å². The van der Waals surface area contributed by atoms with Crippen LogP contribution < -0.4 is 0 Å². The monoisotopic (exact) mass is 562 g/mol. The average Bonchev–Trinajstić information content (AvgIpc) is 3.27. The number of hydrogen-bond acceptors (Lipinski definition) is 5. The van der Waals surface area contributed by atoms with Crippen LogP contribution in [0.25, 0.3) is 0 Å². The molecule has 0 spiro atoms. The van der Waals surface area contributed by atoms with E-state index >= 15 is 0 Å². The summed E-state index contributed by atoms with van der Waals surface area (Å²) >= 11 is 0. The molecule has 5 aliphatic carbocycles. The molecule has 3 N–H and O–H groups in total. The predicted octanol–water partition coefficient (Wildman–Crippen LogP) is 7.07. The van der Waals surface area contributed by atoms with E-state index in [9.17, 15) is 20.1 Å². The summed E-state index contributed by atoms with van der Waals surface area (Å²) in [7, 11) is 0. The van der Waals surface area contributed by atoms with Crippen molar-refractivity contribution in [2.45, 2.75) is 104 Å². The fourth-order valence-corrected chi connectivity index (χ4v) is 12.0. The molecule has 0 aromatic heterocycles. The molecular weight excluding hydrogens is 512 g/mol. The highest BCUT2D eigenvalue weighted by molar-refractivity contribution is 5.89. The standard InChI is InChI=1S/C36H50O5/c1-20(2)24-14-17-33(4)25(24)15-19-35(6)27(33)12-13-28-34(5)18-16-26(38)21(3)29(34)30(39)31(36(28,35)7)41-32(40)22-8-10-23(37)11-9-22/h8-11,24-31,37-39H,1,3,12-19H2,2,4-7H3/t24-,25?,26-,27?,28+,29?,30-,31-,33-,34+,35+,36-/m0/s1. The van der Waals surface area contributed by atoms with Crippen LogP contribution >= 0.6 is 0 Å². The number of phenolic OH excluding ortho intramolecular Hbond substituents is 1. The van der Waals surface area contributed by atoms with Crippen LogP contribution in [0.2, 0.25) is 0 Å². The van der Waals surface area contributed by atoms with Gasteiger partial charge in [-0.15, -0.1) is 0 Å². The van der Waals surface area contributed by atoms with E-state index in [0.29, 0.717) is 35.3 Å². The van der Waals surface area contributed by atoms with Crippen LogP contribution in [0.5, 0.6) is 5.75 Å². The number of hydrogen-bond donors (Lipinski definition) is 3. The van der Waals surface area contributed by atoms with Crippen molar-refractivity contribution in [2.24, 2.45) is 51.2 Å². The minimum Gasteiger partial charge on any atom is -0.508 e. The summed E-state index contributed by atoms with van der Waals surface area (Å²) in [6.45, 7) is 20.5. The lowest BCUT2D eigenvalue weighted by Gasteiger charge is -2.74. The molecule has 5 heteroatoms. The molecule has 0 radical (unpaired) electrons. The van der Waals surface area contributed by atoms with Gasteiger partial charge in [-0.25, -0.2) is 4.79 Å². The van der Waals surface area contributed by atoms with Gasteiger partial charge >= 0.3 is 5.97 Å². The molecule has 3 unspecified atom stereocenters. The Bertz CT molecular complexity index is 1250. The topological polar surface area (TPSA) is 87.0 Å². The largest absolute Gasteiger partial charge is 0.508 e. The van der Waals surface area contributed by atoms with Crippen LogP contribution in [0, 0.1) is 51.2 Å². The third-order valence-electron chi connectivity index (χ3n) is 14.1. The summed E-state index contributed by atoms with van der Waals surface area (Å²) in [6, 6.07) is 6.14. The Morgan fingerprint density at radius 2 is 1.54 bits per heavy atom. The molecule has 6 rings (SSSR count). The minimum atomic E-state index is -0.961. The Hall–Kier alpha value is -2.11. The van der Waals surface area contributed by atoms with E-state index in [1.54, 1.807) is 12.1 Å². The number of benzene rings is 1. The molecular formula is C36H50O5.